The van der Waals surface area contributed by atoms with E-state index in [2.05, 4.69) is 39.3 Å². The SMILES string of the molecule is Clc1cc2[nH]c(-n3cccn3)nc2cc1SCCc1ccccc1. The quantitative estimate of drug-likeness (QED) is 0.527. The number of rotatable bonds is 5. The van der Waals surface area contributed by atoms with Crippen LogP contribution in [0, 0.1) is 0 Å². The lowest BCUT2D eigenvalue weighted by Crippen LogP contribution is -1.95. The minimum Gasteiger partial charge on any atom is -0.322 e. The molecule has 0 aliphatic carbocycles. The number of nitrogens with one attached hydrogen (secondary N) is 1. The molecule has 0 radical (unpaired) electrons. The van der Waals surface area contributed by atoms with Crippen LogP contribution in [0.15, 0.2) is 65.8 Å². The molecule has 2 heterocycles. The van der Waals surface area contributed by atoms with Gasteiger partial charge >= 0.3 is 0 Å². The van der Waals surface area contributed by atoms with E-state index in [1.54, 1.807) is 22.6 Å². The Morgan fingerprint density at radius 3 is 2.79 bits per heavy atom. The summed E-state index contributed by atoms with van der Waals surface area (Å²) in [6.07, 6.45) is 4.60. The molecule has 1 N–H and O–H groups in total. The Morgan fingerprint density at radius 2 is 2.00 bits per heavy atom. The minimum atomic E-state index is 0.692. The van der Waals surface area contributed by atoms with Crippen LogP contribution < -0.4 is 0 Å². The average Bonchev–Trinajstić information content (AvgIpc) is 3.25. The molecular weight excluding hydrogens is 340 g/mol. The summed E-state index contributed by atoms with van der Waals surface area (Å²) < 4.78 is 1.70. The van der Waals surface area contributed by atoms with Gasteiger partial charge in [-0.1, -0.05) is 41.9 Å². The van der Waals surface area contributed by atoms with Crippen LogP contribution in [0.25, 0.3) is 17.0 Å². The second-order valence-corrected chi connectivity index (χ2v) is 6.94. The smallest absolute Gasteiger partial charge is 0.229 e. The zero-order chi connectivity index (χ0) is 16.4. The summed E-state index contributed by atoms with van der Waals surface area (Å²) in [5.74, 6) is 1.67. The van der Waals surface area contributed by atoms with Crippen molar-refractivity contribution in [2.45, 2.75) is 11.3 Å². The van der Waals surface area contributed by atoms with Gasteiger partial charge in [-0.05, 0) is 30.2 Å². The number of hydrogen-bond acceptors (Lipinski definition) is 3. The number of hydrogen-bond donors (Lipinski definition) is 1. The van der Waals surface area contributed by atoms with E-state index in [4.69, 9.17) is 11.6 Å². The standard InChI is InChI=1S/C18H15ClN4S/c19-14-11-15-16(22-18(21-15)23-9-4-8-20-23)12-17(14)24-10-7-13-5-2-1-3-6-13/h1-6,8-9,11-12H,7,10H2,(H,21,22). The summed E-state index contributed by atoms with van der Waals surface area (Å²) in [6.45, 7) is 0. The molecule has 0 aliphatic heterocycles. The van der Waals surface area contributed by atoms with Crippen LogP contribution in [-0.2, 0) is 6.42 Å². The van der Waals surface area contributed by atoms with Gasteiger partial charge < -0.3 is 4.98 Å². The average molecular weight is 355 g/mol. The lowest BCUT2D eigenvalue weighted by molar-refractivity contribution is 0.829. The zero-order valence-corrected chi connectivity index (χ0v) is 14.4. The van der Waals surface area contributed by atoms with E-state index in [0.717, 1.165) is 33.1 Å². The van der Waals surface area contributed by atoms with Gasteiger partial charge in [0.1, 0.15) is 0 Å². The summed E-state index contributed by atoms with van der Waals surface area (Å²) in [5.41, 5.74) is 3.15. The van der Waals surface area contributed by atoms with Gasteiger partial charge in [0.25, 0.3) is 0 Å². The maximum Gasteiger partial charge on any atom is 0.229 e. The molecule has 0 unspecified atom stereocenters. The first-order chi connectivity index (χ1) is 11.8. The van der Waals surface area contributed by atoms with Gasteiger partial charge in [-0.15, -0.1) is 11.8 Å². The first-order valence-corrected chi connectivity index (χ1v) is 9.02. The van der Waals surface area contributed by atoms with Crippen molar-refractivity contribution in [1.29, 1.82) is 0 Å². The lowest BCUT2D eigenvalue weighted by atomic mass is 10.2. The van der Waals surface area contributed by atoms with E-state index < -0.39 is 0 Å². The van der Waals surface area contributed by atoms with E-state index in [1.165, 1.54) is 5.56 Å². The van der Waals surface area contributed by atoms with Gasteiger partial charge in [0.15, 0.2) is 0 Å². The maximum atomic E-state index is 6.43. The van der Waals surface area contributed by atoms with Crippen LogP contribution >= 0.6 is 23.4 Å². The van der Waals surface area contributed by atoms with Crippen LogP contribution in [0.4, 0.5) is 0 Å². The summed E-state index contributed by atoms with van der Waals surface area (Å²) in [7, 11) is 0. The molecule has 120 valence electrons. The predicted molar refractivity (Wildman–Crippen MR) is 99.1 cm³/mol. The van der Waals surface area contributed by atoms with Crippen molar-refractivity contribution in [2.24, 2.45) is 0 Å². The second kappa shape index (κ2) is 6.71. The van der Waals surface area contributed by atoms with Crippen LogP contribution in [0.5, 0.6) is 0 Å². The number of aryl methyl sites for hydroxylation is 1. The van der Waals surface area contributed by atoms with Crippen molar-refractivity contribution in [2.75, 3.05) is 5.75 Å². The number of thioether (sulfide) groups is 1. The predicted octanol–water partition coefficient (Wildman–Crippen LogP) is 4.74. The normalized spacial score (nSPS) is 11.2. The summed E-state index contributed by atoms with van der Waals surface area (Å²) >= 11 is 8.18. The second-order valence-electron chi connectivity index (χ2n) is 5.39. The first kappa shape index (κ1) is 15.3. The summed E-state index contributed by atoms with van der Waals surface area (Å²) in [4.78, 5) is 8.89. The van der Waals surface area contributed by atoms with Crippen molar-refractivity contribution >= 4 is 34.4 Å². The molecule has 24 heavy (non-hydrogen) atoms. The topological polar surface area (TPSA) is 46.5 Å². The first-order valence-electron chi connectivity index (χ1n) is 7.65. The number of nitrogens with zero attached hydrogens (tertiary/aromatic N) is 3. The molecule has 2 aromatic carbocycles. The van der Waals surface area contributed by atoms with Crippen molar-refractivity contribution in [3.05, 3.63) is 71.5 Å². The fourth-order valence-electron chi connectivity index (χ4n) is 2.53. The molecule has 2 aromatic heterocycles. The van der Waals surface area contributed by atoms with E-state index in [-0.39, 0.29) is 0 Å². The van der Waals surface area contributed by atoms with Gasteiger partial charge in [0.05, 0.1) is 16.1 Å². The molecule has 4 nitrogen and oxygen atoms in total. The number of aromatic amines is 1. The highest BCUT2D eigenvalue weighted by Gasteiger charge is 2.09. The van der Waals surface area contributed by atoms with Crippen LogP contribution in [-0.4, -0.2) is 25.5 Å². The number of H-pyrrole nitrogens is 1. The largest absolute Gasteiger partial charge is 0.322 e. The summed E-state index contributed by atoms with van der Waals surface area (Å²) in [5, 5.41) is 4.94. The highest BCUT2D eigenvalue weighted by molar-refractivity contribution is 7.99. The monoisotopic (exact) mass is 354 g/mol. The van der Waals surface area contributed by atoms with Crippen LogP contribution in [0.2, 0.25) is 5.02 Å². The molecule has 0 aliphatic rings. The molecule has 0 fully saturated rings. The van der Waals surface area contributed by atoms with Gasteiger partial charge in [-0.25, -0.2) is 9.67 Å². The number of benzene rings is 2. The third-order valence-electron chi connectivity index (χ3n) is 3.74. The number of aromatic nitrogens is 4. The molecule has 0 spiro atoms. The minimum absolute atomic E-state index is 0.692. The lowest BCUT2D eigenvalue weighted by Gasteiger charge is -2.04. The Morgan fingerprint density at radius 1 is 1.12 bits per heavy atom. The fourth-order valence-corrected chi connectivity index (χ4v) is 3.81. The highest BCUT2D eigenvalue weighted by atomic mass is 35.5. The van der Waals surface area contributed by atoms with Gasteiger partial charge in [0, 0.05) is 23.0 Å². The molecule has 0 amide bonds. The van der Waals surface area contributed by atoms with Gasteiger partial charge in [-0.2, -0.15) is 5.10 Å². The van der Waals surface area contributed by atoms with E-state index in [9.17, 15) is 0 Å². The maximum absolute atomic E-state index is 6.43. The zero-order valence-electron chi connectivity index (χ0n) is 12.8. The van der Waals surface area contributed by atoms with Crippen LogP contribution in [0.1, 0.15) is 5.56 Å². The van der Waals surface area contributed by atoms with Gasteiger partial charge in [0.2, 0.25) is 5.95 Å². The van der Waals surface area contributed by atoms with Crippen molar-refractivity contribution < 1.29 is 0 Å². The molecule has 4 aromatic rings. The summed E-state index contributed by atoms with van der Waals surface area (Å²) in [6, 6.07) is 16.3. The molecule has 6 heteroatoms. The van der Waals surface area contributed by atoms with Crippen LogP contribution in [0.3, 0.4) is 0 Å². The molecule has 0 saturated heterocycles. The number of fused-ring (bicyclic) bond motifs is 1. The molecular formula is C18H15ClN4S. The third-order valence-corrected chi connectivity index (χ3v) is 5.22. The van der Waals surface area contributed by atoms with Crippen molar-refractivity contribution in [3.63, 3.8) is 0 Å². The molecule has 4 rings (SSSR count). The highest BCUT2D eigenvalue weighted by Crippen LogP contribution is 2.31. The van der Waals surface area contributed by atoms with E-state index in [1.807, 2.05) is 30.5 Å². The van der Waals surface area contributed by atoms with Gasteiger partial charge in [-0.3, -0.25) is 0 Å². The van der Waals surface area contributed by atoms with Crippen molar-refractivity contribution in [3.8, 4) is 5.95 Å². The third kappa shape index (κ3) is 3.18. The number of imidazole rings is 1. The van der Waals surface area contributed by atoms with Crippen molar-refractivity contribution in [1.82, 2.24) is 19.7 Å². The Kier molecular flexibility index (Phi) is 4.28. The molecule has 0 saturated carbocycles. The Labute approximate surface area is 148 Å². The number of halogens is 1. The molecule has 0 bridgehead atoms. The fraction of sp³-hybridized carbons (Fsp3) is 0.111. The van der Waals surface area contributed by atoms with E-state index in [0.29, 0.717) is 5.95 Å². The molecule has 0 atom stereocenters. The van der Waals surface area contributed by atoms with E-state index >= 15 is 0 Å². The Hall–Kier alpha value is -2.24. The Bertz CT molecular complexity index is 948. The Balaban J connectivity index is 1.54.